The molecule has 8 nitrogen and oxygen atoms in total. The molecular weight excluding hydrogens is 1040 g/mol. The Morgan fingerprint density at radius 1 is 0.388 bits per heavy atom. The van der Waals surface area contributed by atoms with Crippen molar-refractivity contribution in [3.63, 3.8) is 0 Å². The number of hydrogen-bond donors (Lipinski definition) is 0. The van der Waals surface area contributed by atoms with Gasteiger partial charge in [0.15, 0.2) is 11.6 Å². The number of para-hydroxylation sites is 7. The van der Waals surface area contributed by atoms with Crippen molar-refractivity contribution in [1.29, 1.82) is 0 Å². The molecule has 0 atom stereocenters. The topological polar surface area (TPSA) is 76.1 Å². The molecule has 398 valence electrons. The number of hydrogen-bond acceptors (Lipinski definition) is 7. The summed E-state index contributed by atoms with van der Waals surface area (Å²) >= 11 is 0. The molecule has 1 aliphatic rings. The van der Waals surface area contributed by atoms with E-state index in [0.717, 1.165) is 133 Å². The van der Waals surface area contributed by atoms with Gasteiger partial charge in [-0.1, -0.05) is 206 Å². The molecule has 0 aliphatic carbocycles. The Hall–Kier alpha value is -11.5. The quantitative estimate of drug-likeness (QED) is 0.133. The van der Waals surface area contributed by atoms with E-state index in [-0.39, 0.29) is 0 Å². The summed E-state index contributed by atoms with van der Waals surface area (Å²) in [6.07, 6.45) is 0. The molecule has 16 aromatic rings. The Bertz CT molecular complexity index is 5270. The Morgan fingerprint density at radius 2 is 1.00 bits per heavy atom. The minimum Gasteiger partial charge on any atom is -0.455 e. The molecule has 0 amide bonds. The summed E-state index contributed by atoms with van der Waals surface area (Å²) in [7, 11) is 0. The van der Waals surface area contributed by atoms with Crippen LogP contribution in [0.2, 0.25) is 0 Å². The first kappa shape index (κ1) is 48.2. The Balaban J connectivity index is 0.887. The van der Waals surface area contributed by atoms with Crippen LogP contribution in [0.1, 0.15) is 5.56 Å². The van der Waals surface area contributed by atoms with Gasteiger partial charge in [0.2, 0.25) is 5.95 Å². The van der Waals surface area contributed by atoms with Crippen molar-refractivity contribution < 1.29 is 4.42 Å². The van der Waals surface area contributed by atoms with Gasteiger partial charge in [-0.15, -0.1) is 0 Å². The van der Waals surface area contributed by atoms with Gasteiger partial charge in [-0.2, -0.15) is 9.97 Å². The lowest BCUT2D eigenvalue weighted by atomic mass is 9.87. The summed E-state index contributed by atoms with van der Waals surface area (Å²) < 4.78 is 9.23. The van der Waals surface area contributed by atoms with Crippen LogP contribution >= 0.6 is 0 Å². The third-order valence-corrected chi connectivity index (χ3v) is 16.9. The SMILES string of the molecule is Cc1ccccc1N(c1ccccc1)c1cccc2c3ccccc3n(-c3ccc(-c4ccc5c(c4)-c4nc6ccccc6c6c(-c7cccc8c7oc7ccccc78)ccc(c46)N5c4nc(-c5ccccc5)nc(-c5ccccc5)n4)cc3)c12. The summed E-state index contributed by atoms with van der Waals surface area (Å²) in [5.74, 6) is 1.65. The van der Waals surface area contributed by atoms with Crippen molar-refractivity contribution >= 4 is 99.8 Å². The number of nitrogens with zero attached hydrogens (tertiary/aromatic N) is 7. The van der Waals surface area contributed by atoms with Crippen molar-refractivity contribution in [2.45, 2.75) is 6.92 Å². The molecule has 5 heterocycles. The average molecular weight is 1090 g/mol. The van der Waals surface area contributed by atoms with Gasteiger partial charge in [0.25, 0.3) is 0 Å². The van der Waals surface area contributed by atoms with E-state index in [1.165, 1.54) is 16.3 Å². The highest BCUT2D eigenvalue weighted by Gasteiger charge is 2.33. The zero-order valence-corrected chi connectivity index (χ0v) is 46.1. The first-order chi connectivity index (χ1) is 42.1. The van der Waals surface area contributed by atoms with E-state index >= 15 is 0 Å². The summed E-state index contributed by atoms with van der Waals surface area (Å²) in [6.45, 7) is 2.19. The van der Waals surface area contributed by atoms with Crippen LogP contribution < -0.4 is 9.80 Å². The Kier molecular flexibility index (Phi) is 11.0. The molecule has 0 spiro atoms. The fraction of sp³-hybridized carbons (Fsp3) is 0.0130. The van der Waals surface area contributed by atoms with Crippen molar-refractivity contribution in [1.82, 2.24) is 24.5 Å². The molecule has 85 heavy (non-hydrogen) atoms. The molecule has 0 bridgehead atoms. The van der Waals surface area contributed by atoms with Crippen LogP contribution in [0.5, 0.6) is 0 Å². The molecule has 8 heteroatoms. The summed E-state index contributed by atoms with van der Waals surface area (Å²) in [4.78, 5) is 26.2. The van der Waals surface area contributed by atoms with Gasteiger partial charge in [0.05, 0.1) is 39.3 Å². The van der Waals surface area contributed by atoms with Crippen LogP contribution in [0.15, 0.2) is 283 Å². The van der Waals surface area contributed by atoms with Crippen LogP contribution in [0.3, 0.4) is 0 Å². The third-order valence-electron chi connectivity index (χ3n) is 16.9. The molecule has 12 aromatic carbocycles. The lowest BCUT2D eigenvalue weighted by Crippen LogP contribution is -2.19. The number of fused-ring (bicyclic) bond motifs is 10. The minimum atomic E-state index is 0.497. The smallest absolute Gasteiger partial charge is 0.238 e. The normalized spacial score (nSPS) is 12.0. The fourth-order valence-corrected chi connectivity index (χ4v) is 13.0. The predicted octanol–water partition coefficient (Wildman–Crippen LogP) is 20.5. The molecule has 0 saturated heterocycles. The van der Waals surface area contributed by atoms with Crippen LogP contribution in [-0.4, -0.2) is 24.5 Å². The summed E-state index contributed by atoms with van der Waals surface area (Å²) in [5, 5.41) is 7.62. The van der Waals surface area contributed by atoms with Gasteiger partial charge in [-0.25, -0.2) is 9.97 Å². The van der Waals surface area contributed by atoms with Crippen molar-refractivity contribution in [3.8, 4) is 62.0 Å². The largest absolute Gasteiger partial charge is 0.455 e. The van der Waals surface area contributed by atoms with E-state index < -0.39 is 0 Å². The van der Waals surface area contributed by atoms with Gasteiger partial charge >= 0.3 is 0 Å². The van der Waals surface area contributed by atoms with Crippen LogP contribution in [0, 0.1) is 6.92 Å². The predicted molar refractivity (Wildman–Crippen MR) is 349 cm³/mol. The number of pyridine rings is 1. The van der Waals surface area contributed by atoms with E-state index in [9.17, 15) is 0 Å². The van der Waals surface area contributed by atoms with E-state index in [0.29, 0.717) is 17.6 Å². The number of benzene rings is 12. The maximum atomic E-state index is 6.80. The molecule has 0 unspecified atom stereocenters. The van der Waals surface area contributed by atoms with E-state index in [1.54, 1.807) is 0 Å². The van der Waals surface area contributed by atoms with Crippen LogP contribution in [0.4, 0.5) is 34.4 Å². The molecule has 1 aliphatic heterocycles. The second-order valence-corrected chi connectivity index (χ2v) is 21.8. The Morgan fingerprint density at radius 3 is 1.78 bits per heavy atom. The van der Waals surface area contributed by atoms with E-state index in [4.69, 9.17) is 24.4 Å². The highest BCUT2D eigenvalue weighted by atomic mass is 16.3. The lowest BCUT2D eigenvalue weighted by molar-refractivity contribution is 0.670. The maximum Gasteiger partial charge on any atom is 0.238 e. The van der Waals surface area contributed by atoms with Crippen molar-refractivity contribution in [3.05, 3.63) is 285 Å². The van der Waals surface area contributed by atoms with Crippen LogP contribution in [-0.2, 0) is 0 Å². The molecule has 4 aromatic heterocycles. The van der Waals surface area contributed by atoms with Gasteiger partial charge in [-0.3, -0.25) is 4.90 Å². The number of anilines is 6. The monoisotopic (exact) mass is 1090 g/mol. The summed E-state index contributed by atoms with van der Waals surface area (Å²) in [5.41, 5.74) is 20.0. The van der Waals surface area contributed by atoms with E-state index in [2.05, 4.69) is 252 Å². The average Bonchev–Trinajstić information content (AvgIpc) is 1.40. The zero-order chi connectivity index (χ0) is 56.1. The molecule has 0 N–H and O–H groups in total. The Labute approximate surface area is 489 Å². The minimum absolute atomic E-state index is 0.497. The lowest BCUT2D eigenvalue weighted by Gasteiger charge is -2.33. The highest BCUT2D eigenvalue weighted by molar-refractivity contribution is 6.26. The maximum absolute atomic E-state index is 6.80. The number of furan rings is 1. The zero-order valence-electron chi connectivity index (χ0n) is 46.1. The second-order valence-electron chi connectivity index (χ2n) is 21.8. The molecular formula is C77H49N7O. The van der Waals surface area contributed by atoms with Gasteiger partial charge in [0, 0.05) is 77.0 Å². The van der Waals surface area contributed by atoms with Crippen molar-refractivity contribution in [2.75, 3.05) is 9.80 Å². The number of aryl methyl sites for hydroxylation is 1. The molecule has 0 saturated carbocycles. The third kappa shape index (κ3) is 7.69. The first-order valence-electron chi connectivity index (χ1n) is 28.7. The summed E-state index contributed by atoms with van der Waals surface area (Å²) in [6, 6.07) is 98.6. The molecule has 0 radical (unpaired) electrons. The number of aromatic nitrogens is 5. The van der Waals surface area contributed by atoms with E-state index in [1.807, 2.05) is 48.5 Å². The van der Waals surface area contributed by atoms with Crippen molar-refractivity contribution in [2.24, 2.45) is 0 Å². The number of rotatable bonds is 9. The fourth-order valence-electron chi connectivity index (χ4n) is 13.0. The van der Waals surface area contributed by atoms with Crippen LogP contribution in [0.25, 0.3) is 127 Å². The van der Waals surface area contributed by atoms with Gasteiger partial charge in [0.1, 0.15) is 11.2 Å². The standard InChI is InChI=1S/C77H49N7O/c1-48-21-11-16-35-64(48)82(53-26-9-4-10-27-53)68-37-20-31-58-55-28-13-17-36-65(55)83(73(58)68)54-42-39-49(40-43-54)52-41-45-66-62(47-52)72-71-67(84(66)77-80-75(50-22-5-2-6-23-50)79-76(81-77)51-24-7-3-8-25-51)46-44-57(70(71)61-30-12-15-34-63(61)78-72)60-33-19-32-59-56-29-14-18-38-69(56)85-74(59)60/h2-47H,1H3. The second kappa shape index (κ2) is 19.3. The molecule has 17 rings (SSSR count). The first-order valence-corrected chi connectivity index (χ1v) is 28.7. The highest BCUT2D eigenvalue weighted by Crippen LogP contribution is 2.55. The van der Waals surface area contributed by atoms with Gasteiger partial charge in [-0.05, 0) is 102 Å². The van der Waals surface area contributed by atoms with Gasteiger partial charge < -0.3 is 13.9 Å². The molecule has 0 fully saturated rings.